The molecule has 2 rings (SSSR count). The summed E-state index contributed by atoms with van der Waals surface area (Å²) in [6.45, 7) is 9.98. The molecule has 0 saturated heterocycles. The fraction of sp³-hybridized carbons (Fsp3) is 0.562. The lowest BCUT2D eigenvalue weighted by atomic mass is 9.93. The number of hydrogen-bond donors (Lipinski definition) is 2. The van der Waals surface area contributed by atoms with Gasteiger partial charge in [-0.25, -0.2) is 0 Å². The van der Waals surface area contributed by atoms with Crippen LogP contribution in [0.1, 0.15) is 27.7 Å². The molecule has 4 nitrogen and oxygen atoms in total. The third-order valence-corrected chi connectivity index (χ3v) is 3.75. The van der Waals surface area contributed by atoms with Gasteiger partial charge in [0.1, 0.15) is 13.2 Å². The summed E-state index contributed by atoms with van der Waals surface area (Å²) in [5.41, 5.74) is 0.906. The minimum atomic E-state index is 0.349. The molecule has 116 valence electrons. The first-order valence-corrected chi connectivity index (χ1v) is 7.85. The monoisotopic (exact) mass is 308 g/mol. The number of thiocarbonyl (C=S) groups is 1. The Balaban J connectivity index is 1.99. The van der Waals surface area contributed by atoms with Gasteiger partial charge in [0.2, 0.25) is 0 Å². The molecule has 0 atom stereocenters. The average molecular weight is 308 g/mol. The highest BCUT2D eigenvalue weighted by Gasteiger charge is 2.18. The van der Waals surface area contributed by atoms with Crippen molar-refractivity contribution in [3.8, 4) is 11.5 Å². The van der Waals surface area contributed by atoms with E-state index in [2.05, 4.69) is 38.3 Å². The standard InChI is InChI=1S/C16H24N2O2S/c1-10(2)15(11(3)4)18-16(21)17-12-5-6-13-14(9-12)20-8-7-19-13/h5-6,9-11,15H,7-8H2,1-4H3,(H2,17,18,21). The topological polar surface area (TPSA) is 42.5 Å². The maximum atomic E-state index is 5.57. The van der Waals surface area contributed by atoms with Gasteiger partial charge in [-0.2, -0.15) is 0 Å². The number of anilines is 1. The van der Waals surface area contributed by atoms with Gasteiger partial charge in [0, 0.05) is 17.8 Å². The van der Waals surface area contributed by atoms with E-state index in [1.807, 2.05) is 18.2 Å². The second kappa shape index (κ2) is 6.98. The van der Waals surface area contributed by atoms with Gasteiger partial charge in [0.25, 0.3) is 0 Å². The molecule has 2 N–H and O–H groups in total. The smallest absolute Gasteiger partial charge is 0.171 e. The van der Waals surface area contributed by atoms with Crippen molar-refractivity contribution in [3.05, 3.63) is 18.2 Å². The minimum absolute atomic E-state index is 0.349. The molecule has 1 aliphatic heterocycles. The number of ether oxygens (including phenoxy) is 2. The van der Waals surface area contributed by atoms with Crippen molar-refractivity contribution >= 4 is 23.0 Å². The van der Waals surface area contributed by atoms with Gasteiger partial charge in [-0.1, -0.05) is 27.7 Å². The van der Waals surface area contributed by atoms with Gasteiger partial charge < -0.3 is 20.1 Å². The zero-order valence-corrected chi connectivity index (χ0v) is 13.9. The summed E-state index contributed by atoms with van der Waals surface area (Å²) in [5.74, 6) is 2.58. The van der Waals surface area contributed by atoms with Gasteiger partial charge in [-0.05, 0) is 36.2 Å². The molecule has 0 spiro atoms. The second-order valence-corrected chi connectivity index (χ2v) is 6.38. The summed E-state index contributed by atoms with van der Waals surface area (Å²) < 4.78 is 11.1. The molecule has 0 radical (unpaired) electrons. The number of fused-ring (bicyclic) bond motifs is 1. The van der Waals surface area contributed by atoms with E-state index in [1.165, 1.54) is 0 Å². The maximum Gasteiger partial charge on any atom is 0.171 e. The average Bonchev–Trinajstić information content (AvgIpc) is 2.44. The van der Waals surface area contributed by atoms with Crippen LogP contribution in [0, 0.1) is 11.8 Å². The molecule has 0 amide bonds. The van der Waals surface area contributed by atoms with Gasteiger partial charge in [0.15, 0.2) is 16.6 Å². The molecule has 0 unspecified atom stereocenters. The van der Waals surface area contributed by atoms with Crippen LogP contribution in [-0.2, 0) is 0 Å². The number of hydrogen-bond acceptors (Lipinski definition) is 3. The molecule has 0 saturated carbocycles. The molecular formula is C16H24N2O2S. The van der Waals surface area contributed by atoms with E-state index in [1.54, 1.807) is 0 Å². The first-order valence-electron chi connectivity index (χ1n) is 7.44. The van der Waals surface area contributed by atoms with Crippen molar-refractivity contribution in [1.82, 2.24) is 5.32 Å². The molecule has 0 aromatic heterocycles. The van der Waals surface area contributed by atoms with Gasteiger partial charge in [-0.3, -0.25) is 0 Å². The molecule has 0 bridgehead atoms. The lowest BCUT2D eigenvalue weighted by molar-refractivity contribution is 0.171. The predicted octanol–water partition coefficient (Wildman–Crippen LogP) is 3.42. The van der Waals surface area contributed by atoms with Gasteiger partial charge >= 0.3 is 0 Å². The molecule has 0 aliphatic carbocycles. The Morgan fingerprint density at radius 1 is 1.05 bits per heavy atom. The summed E-state index contributed by atoms with van der Waals surface area (Å²) in [4.78, 5) is 0. The van der Waals surface area contributed by atoms with Crippen LogP contribution in [0.25, 0.3) is 0 Å². The lowest BCUT2D eigenvalue weighted by Gasteiger charge is -2.27. The summed E-state index contributed by atoms with van der Waals surface area (Å²) >= 11 is 5.41. The molecule has 5 heteroatoms. The second-order valence-electron chi connectivity index (χ2n) is 5.97. The first-order chi connectivity index (χ1) is 9.97. The zero-order chi connectivity index (χ0) is 15.4. The van der Waals surface area contributed by atoms with Crippen molar-refractivity contribution in [2.45, 2.75) is 33.7 Å². The highest BCUT2D eigenvalue weighted by molar-refractivity contribution is 7.80. The number of benzene rings is 1. The van der Waals surface area contributed by atoms with Crippen molar-refractivity contribution in [3.63, 3.8) is 0 Å². The van der Waals surface area contributed by atoms with Crippen LogP contribution >= 0.6 is 12.2 Å². The summed E-state index contributed by atoms with van der Waals surface area (Å²) in [6, 6.07) is 6.12. The Labute approximate surface area is 132 Å². The molecule has 1 heterocycles. The van der Waals surface area contributed by atoms with Gasteiger partial charge in [-0.15, -0.1) is 0 Å². The Kier molecular flexibility index (Phi) is 5.28. The normalized spacial score (nSPS) is 13.7. The quantitative estimate of drug-likeness (QED) is 0.834. The first kappa shape index (κ1) is 15.9. The Morgan fingerprint density at radius 2 is 1.67 bits per heavy atom. The van der Waals surface area contributed by atoms with Crippen molar-refractivity contribution in [2.75, 3.05) is 18.5 Å². The van der Waals surface area contributed by atoms with Crippen molar-refractivity contribution in [1.29, 1.82) is 0 Å². The van der Waals surface area contributed by atoms with Crippen LogP contribution in [0.15, 0.2) is 18.2 Å². The molecule has 21 heavy (non-hydrogen) atoms. The summed E-state index contributed by atoms with van der Waals surface area (Å²) in [5, 5.41) is 7.25. The van der Waals surface area contributed by atoms with E-state index in [0.29, 0.717) is 36.2 Å². The SMILES string of the molecule is CC(C)C(NC(=S)Nc1ccc2c(c1)OCCO2)C(C)C. The Hall–Kier alpha value is -1.49. The largest absolute Gasteiger partial charge is 0.486 e. The van der Waals surface area contributed by atoms with E-state index in [-0.39, 0.29) is 0 Å². The fourth-order valence-corrected chi connectivity index (χ4v) is 2.80. The lowest BCUT2D eigenvalue weighted by Crippen LogP contribution is -2.44. The van der Waals surface area contributed by atoms with Gasteiger partial charge in [0.05, 0.1) is 0 Å². The van der Waals surface area contributed by atoms with Crippen molar-refractivity contribution in [2.24, 2.45) is 11.8 Å². The number of rotatable bonds is 4. The van der Waals surface area contributed by atoms with Crippen LogP contribution in [0.5, 0.6) is 11.5 Å². The third-order valence-electron chi connectivity index (χ3n) is 3.53. The van der Waals surface area contributed by atoms with Crippen LogP contribution in [0.2, 0.25) is 0 Å². The summed E-state index contributed by atoms with van der Waals surface area (Å²) in [6.07, 6.45) is 0. The maximum absolute atomic E-state index is 5.57. The fourth-order valence-electron chi connectivity index (χ4n) is 2.54. The van der Waals surface area contributed by atoms with E-state index in [0.717, 1.165) is 17.2 Å². The minimum Gasteiger partial charge on any atom is -0.486 e. The van der Waals surface area contributed by atoms with Crippen LogP contribution in [0.4, 0.5) is 5.69 Å². The molecule has 0 fully saturated rings. The molecular weight excluding hydrogens is 284 g/mol. The van der Waals surface area contributed by atoms with E-state index in [9.17, 15) is 0 Å². The van der Waals surface area contributed by atoms with E-state index in [4.69, 9.17) is 21.7 Å². The predicted molar refractivity (Wildman–Crippen MR) is 90.3 cm³/mol. The van der Waals surface area contributed by atoms with Crippen LogP contribution < -0.4 is 20.1 Å². The van der Waals surface area contributed by atoms with E-state index < -0.39 is 0 Å². The molecule has 1 aromatic rings. The zero-order valence-electron chi connectivity index (χ0n) is 13.1. The Bertz CT molecular complexity index is 495. The third kappa shape index (κ3) is 4.24. The van der Waals surface area contributed by atoms with E-state index >= 15 is 0 Å². The Morgan fingerprint density at radius 3 is 2.29 bits per heavy atom. The highest BCUT2D eigenvalue weighted by Crippen LogP contribution is 2.32. The highest BCUT2D eigenvalue weighted by atomic mass is 32.1. The van der Waals surface area contributed by atoms with Crippen LogP contribution in [0.3, 0.4) is 0 Å². The van der Waals surface area contributed by atoms with Crippen molar-refractivity contribution < 1.29 is 9.47 Å². The molecule has 1 aromatic carbocycles. The van der Waals surface area contributed by atoms with Crippen LogP contribution in [-0.4, -0.2) is 24.4 Å². The summed E-state index contributed by atoms with van der Waals surface area (Å²) in [7, 11) is 0. The molecule has 1 aliphatic rings. The number of nitrogens with one attached hydrogen (secondary N) is 2.